The van der Waals surface area contributed by atoms with Crippen molar-refractivity contribution in [3.63, 3.8) is 0 Å². The zero-order chi connectivity index (χ0) is 25.2. The quantitative estimate of drug-likeness (QED) is 0.662. The van der Waals surface area contributed by atoms with Gasteiger partial charge in [-0.1, -0.05) is 55.0 Å². The lowest BCUT2D eigenvalue weighted by Gasteiger charge is -2.41. The van der Waals surface area contributed by atoms with Crippen LogP contribution in [0.15, 0.2) is 54.6 Å². The molecule has 1 N–H and O–H groups in total. The average Bonchev–Trinajstić information content (AvgIpc) is 2.90. The summed E-state index contributed by atoms with van der Waals surface area (Å²) in [7, 11) is 1.90. The van der Waals surface area contributed by atoms with Crippen molar-refractivity contribution in [2.24, 2.45) is 5.41 Å². The van der Waals surface area contributed by atoms with E-state index in [2.05, 4.69) is 46.6 Å². The van der Waals surface area contributed by atoms with E-state index in [0.29, 0.717) is 19.7 Å². The number of rotatable bonds is 6. The van der Waals surface area contributed by atoms with E-state index in [1.54, 1.807) is 0 Å². The summed E-state index contributed by atoms with van der Waals surface area (Å²) in [4.78, 5) is 30.2. The van der Waals surface area contributed by atoms with Crippen LogP contribution in [0.4, 0.5) is 0 Å². The maximum atomic E-state index is 13.3. The number of piperidine rings is 1. The Balaban J connectivity index is 1.25. The minimum Gasteiger partial charge on any atom is -0.491 e. The Labute approximate surface area is 216 Å². The topological polar surface area (TPSA) is 61.9 Å². The minimum absolute atomic E-state index is 0.156. The normalized spacial score (nSPS) is 18.8. The highest BCUT2D eigenvalue weighted by molar-refractivity contribution is 5.83. The van der Waals surface area contributed by atoms with E-state index < -0.39 is 0 Å². The second kappa shape index (κ2) is 12.9. The molecule has 0 unspecified atom stereocenters. The van der Waals surface area contributed by atoms with Gasteiger partial charge in [0.1, 0.15) is 12.4 Å². The maximum absolute atomic E-state index is 13.3. The van der Waals surface area contributed by atoms with Gasteiger partial charge in [0.2, 0.25) is 11.8 Å². The lowest BCUT2D eigenvalue weighted by Crippen LogP contribution is -2.51. The number of hydrogen-bond donors (Lipinski definition) is 1. The monoisotopic (exact) mass is 491 g/mol. The van der Waals surface area contributed by atoms with Gasteiger partial charge in [0, 0.05) is 13.6 Å². The number of hydrogen-bond acceptors (Lipinski definition) is 4. The second-order valence-electron chi connectivity index (χ2n) is 10.4. The second-order valence-corrected chi connectivity index (χ2v) is 10.4. The minimum atomic E-state index is -0.333. The molecule has 2 amide bonds. The standard InChI is InChI=1S/C30H41N3O3/c1-32(20-9-12-25-10-3-2-4-11-25)28(34)24-33-21-17-30(18-22-33)16-8-7-14-26-13-5-6-15-27(26)36-23-19-31-29(30)35/h2-6,10-11,13,15H,7-9,12,14,16-24H2,1H3,(H,31,35). The van der Waals surface area contributed by atoms with Gasteiger partial charge in [0.15, 0.2) is 0 Å². The highest BCUT2D eigenvalue weighted by Crippen LogP contribution is 2.37. The summed E-state index contributed by atoms with van der Waals surface area (Å²) in [5, 5.41) is 3.14. The Hall–Kier alpha value is -2.86. The number of benzene rings is 2. The molecular formula is C30H41N3O3. The fraction of sp³-hybridized carbons (Fsp3) is 0.533. The van der Waals surface area contributed by atoms with Crippen LogP contribution in [0, 0.1) is 5.41 Å². The molecule has 2 aromatic rings. The van der Waals surface area contributed by atoms with E-state index in [4.69, 9.17) is 4.74 Å². The van der Waals surface area contributed by atoms with Gasteiger partial charge in [-0.05, 0) is 75.2 Å². The van der Waals surface area contributed by atoms with E-state index in [9.17, 15) is 9.59 Å². The number of likely N-dealkylation sites (tertiary alicyclic amines) is 1. The molecule has 0 aromatic heterocycles. The summed E-state index contributed by atoms with van der Waals surface area (Å²) in [6.45, 7) is 3.77. The van der Waals surface area contributed by atoms with Gasteiger partial charge in [-0.25, -0.2) is 0 Å². The maximum Gasteiger partial charge on any atom is 0.236 e. The van der Waals surface area contributed by atoms with Gasteiger partial charge in [0.25, 0.3) is 0 Å². The third kappa shape index (κ3) is 7.10. The van der Waals surface area contributed by atoms with Crippen LogP contribution in [0.5, 0.6) is 5.75 Å². The zero-order valence-corrected chi connectivity index (χ0v) is 21.7. The van der Waals surface area contributed by atoms with E-state index in [1.807, 2.05) is 30.1 Å². The van der Waals surface area contributed by atoms with Crippen LogP contribution in [0.25, 0.3) is 0 Å². The predicted octanol–water partition coefficient (Wildman–Crippen LogP) is 4.08. The van der Waals surface area contributed by atoms with Gasteiger partial charge in [-0.3, -0.25) is 14.5 Å². The zero-order valence-electron chi connectivity index (χ0n) is 21.7. The Bertz CT molecular complexity index is 986. The number of nitrogens with one attached hydrogen (secondary N) is 1. The molecule has 2 heterocycles. The molecule has 0 aliphatic carbocycles. The Morgan fingerprint density at radius 2 is 1.78 bits per heavy atom. The Kier molecular flexibility index (Phi) is 9.40. The summed E-state index contributed by atoms with van der Waals surface area (Å²) in [6.07, 6.45) is 7.51. The molecule has 0 radical (unpaired) electrons. The SMILES string of the molecule is CN(CCCc1ccccc1)C(=O)CN1CCC2(CCCCc3ccccc3OCCNC2=O)CC1. The van der Waals surface area contributed by atoms with Crippen LogP contribution >= 0.6 is 0 Å². The first-order valence-corrected chi connectivity index (χ1v) is 13.5. The van der Waals surface area contributed by atoms with Crippen LogP contribution in [0.3, 0.4) is 0 Å². The van der Waals surface area contributed by atoms with Crippen LogP contribution < -0.4 is 10.1 Å². The van der Waals surface area contributed by atoms with Gasteiger partial charge < -0.3 is 15.0 Å². The van der Waals surface area contributed by atoms with Crippen molar-refractivity contribution in [1.29, 1.82) is 0 Å². The molecule has 2 aliphatic heterocycles. The summed E-state index contributed by atoms with van der Waals surface area (Å²) in [5.74, 6) is 1.26. The van der Waals surface area contributed by atoms with Gasteiger partial charge in [-0.2, -0.15) is 0 Å². The smallest absolute Gasteiger partial charge is 0.236 e. The third-order valence-electron chi connectivity index (χ3n) is 7.85. The lowest BCUT2D eigenvalue weighted by molar-refractivity contribution is -0.136. The van der Waals surface area contributed by atoms with Crippen molar-refractivity contribution in [1.82, 2.24) is 15.1 Å². The highest BCUT2D eigenvalue weighted by atomic mass is 16.5. The molecule has 6 heteroatoms. The lowest BCUT2D eigenvalue weighted by atomic mass is 9.73. The third-order valence-corrected chi connectivity index (χ3v) is 7.85. The summed E-state index contributed by atoms with van der Waals surface area (Å²) in [5.41, 5.74) is 2.23. The van der Waals surface area contributed by atoms with Crippen LogP contribution in [-0.4, -0.2) is 68.0 Å². The van der Waals surface area contributed by atoms with Gasteiger partial charge in [0.05, 0.1) is 18.5 Å². The molecule has 2 aliphatic rings. The molecule has 0 atom stereocenters. The van der Waals surface area contributed by atoms with Crippen molar-refractivity contribution in [3.05, 3.63) is 65.7 Å². The molecule has 4 rings (SSSR count). The summed E-state index contributed by atoms with van der Waals surface area (Å²) >= 11 is 0. The summed E-state index contributed by atoms with van der Waals surface area (Å²) < 4.78 is 5.96. The summed E-state index contributed by atoms with van der Waals surface area (Å²) in [6, 6.07) is 18.6. The Morgan fingerprint density at radius 1 is 1.03 bits per heavy atom. The molecule has 0 saturated carbocycles. The molecule has 0 bridgehead atoms. The Morgan fingerprint density at radius 3 is 2.58 bits per heavy atom. The number of nitrogens with zero attached hydrogens (tertiary/aromatic N) is 2. The molecule has 1 spiro atoms. The predicted molar refractivity (Wildman–Crippen MR) is 143 cm³/mol. The molecular weight excluding hydrogens is 450 g/mol. The molecule has 2 aromatic carbocycles. The van der Waals surface area contributed by atoms with Crippen molar-refractivity contribution in [2.75, 3.05) is 46.4 Å². The van der Waals surface area contributed by atoms with Crippen molar-refractivity contribution < 1.29 is 14.3 Å². The fourth-order valence-electron chi connectivity index (χ4n) is 5.47. The number of fused-ring (bicyclic) bond motifs is 1. The first-order valence-electron chi connectivity index (χ1n) is 13.5. The number of carbonyl (C=O) groups is 2. The number of aryl methyl sites for hydroxylation is 2. The van der Waals surface area contributed by atoms with Gasteiger partial charge >= 0.3 is 0 Å². The van der Waals surface area contributed by atoms with Crippen LogP contribution in [0.1, 0.15) is 49.7 Å². The molecule has 1 saturated heterocycles. The van der Waals surface area contributed by atoms with E-state index in [-0.39, 0.29) is 17.2 Å². The highest BCUT2D eigenvalue weighted by Gasteiger charge is 2.41. The number of likely N-dealkylation sites (N-methyl/N-ethyl adjacent to an activating group) is 1. The van der Waals surface area contributed by atoms with Crippen molar-refractivity contribution in [2.45, 2.75) is 51.4 Å². The first-order chi connectivity index (χ1) is 17.6. The van der Waals surface area contributed by atoms with Gasteiger partial charge in [-0.15, -0.1) is 0 Å². The molecule has 194 valence electrons. The number of ether oxygens (including phenoxy) is 1. The number of carbonyl (C=O) groups excluding carboxylic acids is 2. The first kappa shape index (κ1) is 26.2. The number of amides is 2. The van der Waals surface area contributed by atoms with Crippen molar-refractivity contribution in [3.8, 4) is 5.75 Å². The molecule has 1 fully saturated rings. The molecule has 6 nitrogen and oxygen atoms in total. The average molecular weight is 492 g/mol. The largest absolute Gasteiger partial charge is 0.491 e. The molecule has 36 heavy (non-hydrogen) atoms. The van der Waals surface area contributed by atoms with Crippen LogP contribution in [-0.2, 0) is 22.4 Å². The van der Waals surface area contributed by atoms with Crippen molar-refractivity contribution >= 4 is 11.8 Å². The van der Waals surface area contributed by atoms with Crippen LogP contribution in [0.2, 0.25) is 0 Å². The van der Waals surface area contributed by atoms with E-state index >= 15 is 0 Å². The fourth-order valence-corrected chi connectivity index (χ4v) is 5.47. The van der Waals surface area contributed by atoms with E-state index in [1.165, 1.54) is 11.1 Å². The van der Waals surface area contributed by atoms with E-state index in [0.717, 1.165) is 76.8 Å². The number of para-hydroxylation sites is 1.